The van der Waals surface area contributed by atoms with Gasteiger partial charge in [0.15, 0.2) is 0 Å². The molecule has 4 heteroatoms. The summed E-state index contributed by atoms with van der Waals surface area (Å²) in [6.07, 6.45) is 0. The predicted molar refractivity (Wildman–Crippen MR) is 65.5 cm³/mol. The number of amides is 1. The van der Waals surface area contributed by atoms with Crippen LogP contribution in [0.3, 0.4) is 0 Å². The van der Waals surface area contributed by atoms with E-state index in [4.69, 9.17) is 11.6 Å². The lowest BCUT2D eigenvalue weighted by atomic mass is 10.4. The molecule has 0 saturated heterocycles. The average molecular weight is 244 g/mol. The van der Waals surface area contributed by atoms with Crippen LogP contribution in [0.1, 0.15) is 6.92 Å². The van der Waals surface area contributed by atoms with Crippen LogP contribution >= 0.6 is 23.4 Å². The second-order valence-electron chi connectivity index (χ2n) is 3.13. The summed E-state index contributed by atoms with van der Waals surface area (Å²) >= 11 is 7.45. The lowest BCUT2D eigenvalue weighted by Gasteiger charge is -2.13. The van der Waals surface area contributed by atoms with E-state index in [-0.39, 0.29) is 5.91 Å². The van der Waals surface area contributed by atoms with Crippen LogP contribution in [0.5, 0.6) is 0 Å². The molecule has 0 aliphatic carbocycles. The molecule has 0 bridgehead atoms. The Bertz CT molecular complexity index is 343. The summed E-state index contributed by atoms with van der Waals surface area (Å²) in [5, 5.41) is 0.703. The van der Waals surface area contributed by atoms with Gasteiger partial charge >= 0.3 is 0 Å². The van der Waals surface area contributed by atoms with Gasteiger partial charge in [0.25, 0.3) is 0 Å². The topological polar surface area (TPSA) is 20.3 Å². The highest BCUT2D eigenvalue weighted by atomic mass is 35.5. The molecule has 0 aromatic heterocycles. The van der Waals surface area contributed by atoms with Gasteiger partial charge in [-0.3, -0.25) is 4.79 Å². The third kappa shape index (κ3) is 3.76. The molecule has 2 nitrogen and oxygen atoms in total. The highest BCUT2D eigenvalue weighted by molar-refractivity contribution is 8.00. The van der Waals surface area contributed by atoms with E-state index in [0.29, 0.717) is 10.8 Å². The predicted octanol–water partition coefficient (Wildman–Crippen LogP) is 2.91. The second kappa shape index (κ2) is 6.03. The fraction of sp³-hybridized carbons (Fsp3) is 0.364. The van der Waals surface area contributed by atoms with Crippen LogP contribution in [-0.4, -0.2) is 30.2 Å². The van der Waals surface area contributed by atoms with Crippen molar-refractivity contribution < 1.29 is 4.79 Å². The van der Waals surface area contributed by atoms with Crippen molar-refractivity contribution in [2.45, 2.75) is 11.8 Å². The summed E-state index contributed by atoms with van der Waals surface area (Å²) in [5.74, 6) is 0.566. The quantitative estimate of drug-likeness (QED) is 0.758. The molecule has 0 unspecified atom stereocenters. The lowest BCUT2D eigenvalue weighted by Crippen LogP contribution is -2.27. The van der Waals surface area contributed by atoms with Gasteiger partial charge in [-0.15, -0.1) is 11.8 Å². The molecule has 1 rings (SSSR count). The van der Waals surface area contributed by atoms with Gasteiger partial charge in [0, 0.05) is 18.5 Å². The molecule has 0 aliphatic heterocycles. The Kier molecular flexibility index (Phi) is 4.99. The van der Waals surface area contributed by atoms with Crippen LogP contribution in [0.2, 0.25) is 5.02 Å². The summed E-state index contributed by atoms with van der Waals surface area (Å²) in [6, 6.07) is 7.55. The first-order valence-corrected chi connectivity index (χ1v) is 6.12. The molecule has 0 aliphatic rings. The Morgan fingerprint density at radius 2 is 2.13 bits per heavy atom. The normalized spacial score (nSPS) is 10.1. The van der Waals surface area contributed by atoms with E-state index in [1.54, 1.807) is 11.9 Å². The molecule has 1 aromatic rings. The molecular weight excluding hydrogens is 230 g/mol. The third-order valence-corrected chi connectivity index (χ3v) is 3.59. The summed E-state index contributed by atoms with van der Waals surface area (Å²) in [7, 11) is 1.80. The van der Waals surface area contributed by atoms with E-state index in [1.807, 2.05) is 31.2 Å². The minimum atomic E-state index is 0.127. The van der Waals surface area contributed by atoms with Crippen LogP contribution in [0, 0.1) is 0 Å². The van der Waals surface area contributed by atoms with Crippen molar-refractivity contribution in [1.82, 2.24) is 4.90 Å². The van der Waals surface area contributed by atoms with Gasteiger partial charge in [-0.1, -0.05) is 23.7 Å². The van der Waals surface area contributed by atoms with E-state index in [9.17, 15) is 4.79 Å². The Morgan fingerprint density at radius 3 is 2.73 bits per heavy atom. The number of rotatable bonds is 4. The van der Waals surface area contributed by atoms with E-state index in [2.05, 4.69) is 0 Å². The van der Waals surface area contributed by atoms with Gasteiger partial charge in [-0.05, 0) is 19.1 Å². The maximum absolute atomic E-state index is 11.5. The minimum absolute atomic E-state index is 0.127. The smallest absolute Gasteiger partial charge is 0.232 e. The standard InChI is InChI=1S/C11H14ClNOS/c1-3-13(2)11(14)8-15-10-7-5-4-6-9(10)12/h4-7H,3,8H2,1-2H3. The van der Waals surface area contributed by atoms with Gasteiger partial charge in [0.05, 0.1) is 10.8 Å². The van der Waals surface area contributed by atoms with Gasteiger partial charge in [0.1, 0.15) is 0 Å². The molecule has 0 fully saturated rings. The first-order valence-electron chi connectivity index (χ1n) is 4.76. The summed E-state index contributed by atoms with van der Waals surface area (Å²) in [5.41, 5.74) is 0. The summed E-state index contributed by atoms with van der Waals surface area (Å²) < 4.78 is 0. The van der Waals surface area contributed by atoms with Crippen molar-refractivity contribution in [1.29, 1.82) is 0 Å². The number of hydrogen-bond acceptors (Lipinski definition) is 2. The van der Waals surface area contributed by atoms with E-state index in [0.717, 1.165) is 11.4 Å². The molecule has 0 spiro atoms. The Morgan fingerprint density at radius 1 is 1.47 bits per heavy atom. The minimum Gasteiger partial charge on any atom is -0.345 e. The number of thioether (sulfide) groups is 1. The number of carbonyl (C=O) groups excluding carboxylic acids is 1. The van der Waals surface area contributed by atoms with Crippen LogP contribution in [0.25, 0.3) is 0 Å². The fourth-order valence-electron chi connectivity index (χ4n) is 0.988. The molecule has 0 atom stereocenters. The number of benzene rings is 1. The van der Waals surface area contributed by atoms with Crippen molar-refractivity contribution in [3.05, 3.63) is 29.3 Å². The Hall–Kier alpha value is -0.670. The molecule has 15 heavy (non-hydrogen) atoms. The van der Waals surface area contributed by atoms with Crippen LogP contribution in [-0.2, 0) is 4.79 Å². The van der Waals surface area contributed by atoms with Crippen molar-refractivity contribution in [3.8, 4) is 0 Å². The number of nitrogens with zero attached hydrogens (tertiary/aromatic N) is 1. The summed E-state index contributed by atoms with van der Waals surface area (Å²) in [6.45, 7) is 2.69. The average Bonchev–Trinajstić information content (AvgIpc) is 2.26. The molecule has 1 amide bonds. The zero-order valence-electron chi connectivity index (χ0n) is 8.87. The zero-order chi connectivity index (χ0) is 11.3. The van der Waals surface area contributed by atoms with Crippen molar-refractivity contribution in [2.24, 2.45) is 0 Å². The lowest BCUT2D eigenvalue weighted by molar-refractivity contribution is -0.126. The van der Waals surface area contributed by atoms with Crippen LogP contribution in [0.15, 0.2) is 29.2 Å². The van der Waals surface area contributed by atoms with Crippen LogP contribution in [0.4, 0.5) is 0 Å². The van der Waals surface area contributed by atoms with E-state index < -0.39 is 0 Å². The monoisotopic (exact) mass is 243 g/mol. The third-order valence-electron chi connectivity index (χ3n) is 2.09. The molecule has 82 valence electrons. The first kappa shape index (κ1) is 12.4. The molecule has 0 N–H and O–H groups in total. The molecule has 0 radical (unpaired) electrons. The number of hydrogen-bond donors (Lipinski definition) is 0. The van der Waals surface area contributed by atoms with E-state index in [1.165, 1.54) is 11.8 Å². The molecule has 1 aromatic carbocycles. The Labute approximate surface area is 99.6 Å². The number of carbonyl (C=O) groups is 1. The Balaban J connectivity index is 2.51. The SMILES string of the molecule is CCN(C)C(=O)CSc1ccccc1Cl. The maximum Gasteiger partial charge on any atom is 0.232 e. The van der Waals surface area contributed by atoms with Gasteiger partial charge in [-0.2, -0.15) is 0 Å². The van der Waals surface area contributed by atoms with Crippen molar-refractivity contribution in [3.63, 3.8) is 0 Å². The highest BCUT2D eigenvalue weighted by Crippen LogP contribution is 2.26. The second-order valence-corrected chi connectivity index (χ2v) is 4.55. The maximum atomic E-state index is 11.5. The highest BCUT2D eigenvalue weighted by Gasteiger charge is 2.08. The molecular formula is C11H14ClNOS. The van der Waals surface area contributed by atoms with Gasteiger partial charge in [0.2, 0.25) is 5.91 Å². The molecule has 0 heterocycles. The van der Waals surface area contributed by atoms with Gasteiger partial charge in [-0.25, -0.2) is 0 Å². The van der Waals surface area contributed by atoms with E-state index >= 15 is 0 Å². The van der Waals surface area contributed by atoms with Crippen LogP contribution < -0.4 is 0 Å². The molecule has 0 saturated carbocycles. The largest absolute Gasteiger partial charge is 0.345 e. The summed E-state index contributed by atoms with van der Waals surface area (Å²) in [4.78, 5) is 14.2. The number of halogens is 1. The van der Waals surface area contributed by atoms with Gasteiger partial charge < -0.3 is 4.90 Å². The fourth-order valence-corrected chi connectivity index (χ4v) is 2.17. The zero-order valence-corrected chi connectivity index (χ0v) is 10.4. The van der Waals surface area contributed by atoms with Crippen molar-refractivity contribution in [2.75, 3.05) is 19.3 Å². The van der Waals surface area contributed by atoms with Crippen molar-refractivity contribution >= 4 is 29.3 Å². The first-order chi connectivity index (χ1) is 7.15.